The summed E-state index contributed by atoms with van der Waals surface area (Å²) >= 11 is 5.73. The molecule has 0 radical (unpaired) electrons. The van der Waals surface area contributed by atoms with Crippen molar-refractivity contribution in [2.24, 2.45) is 5.92 Å². The van der Waals surface area contributed by atoms with Crippen molar-refractivity contribution >= 4 is 11.6 Å². The monoisotopic (exact) mass is 203 g/mol. The lowest BCUT2D eigenvalue weighted by Crippen LogP contribution is -2.34. The molecule has 1 N–H and O–H groups in total. The third kappa shape index (κ3) is 7.09. The highest BCUT2D eigenvalue weighted by molar-refractivity contribution is 6.17. The molecule has 0 aromatic carbocycles. The van der Waals surface area contributed by atoms with Gasteiger partial charge >= 0.3 is 0 Å². The Hall–Kier alpha value is -0.0100. The number of alkyl halides is 1. The van der Waals surface area contributed by atoms with Crippen LogP contribution in [0.2, 0.25) is 0 Å². The molecule has 0 fully saturated rings. The second-order valence-electron chi connectivity index (χ2n) is 4.02. The molecule has 0 aliphatic rings. The molecule has 0 aliphatic heterocycles. The van der Waals surface area contributed by atoms with Gasteiger partial charge in [-0.25, -0.2) is 0 Å². The third-order valence-electron chi connectivity index (χ3n) is 2.12. The van der Waals surface area contributed by atoms with Gasteiger partial charge in [0.05, 0.1) is 0 Å². The SMILES string of the molecule is CC(C)=CCNC(CCCl)C(C)C. The van der Waals surface area contributed by atoms with Gasteiger partial charge in [0, 0.05) is 18.5 Å². The summed E-state index contributed by atoms with van der Waals surface area (Å²) < 4.78 is 0. The maximum Gasteiger partial charge on any atom is 0.0238 e. The van der Waals surface area contributed by atoms with E-state index in [1.807, 2.05) is 0 Å². The van der Waals surface area contributed by atoms with Crippen LogP contribution >= 0.6 is 11.6 Å². The van der Waals surface area contributed by atoms with Crippen LogP contribution in [0, 0.1) is 5.92 Å². The maximum atomic E-state index is 5.73. The molecule has 78 valence electrons. The standard InChI is InChI=1S/C11H22ClN/c1-9(2)6-8-13-11(5-7-12)10(3)4/h6,10-11,13H,5,7-8H2,1-4H3. The highest BCUT2D eigenvalue weighted by Gasteiger charge is 2.10. The molecule has 2 heteroatoms. The zero-order chi connectivity index (χ0) is 10.3. The molecule has 0 aromatic heterocycles. The van der Waals surface area contributed by atoms with Crippen LogP contribution in [0.25, 0.3) is 0 Å². The van der Waals surface area contributed by atoms with Gasteiger partial charge in [0.25, 0.3) is 0 Å². The summed E-state index contributed by atoms with van der Waals surface area (Å²) in [6.45, 7) is 9.66. The lowest BCUT2D eigenvalue weighted by atomic mass is 10.0. The molecule has 0 amide bonds. The topological polar surface area (TPSA) is 12.0 Å². The summed E-state index contributed by atoms with van der Waals surface area (Å²) in [5.41, 5.74) is 1.36. The first kappa shape index (κ1) is 13.0. The molecule has 1 nitrogen and oxygen atoms in total. The summed E-state index contributed by atoms with van der Waals surface area (Å²) in [7, 11) is 0. The lowest BCUT2D eigenvalue weighted by Gasteiger charge is -2.20. The van der Waals surface area contributed by atoms with Crippen molar-refractivity contribution in [3.05, 3.63) is 11.6 Å². The Morgan fingerprint density at radius 1 is 1.38 bits per heavy atom. The van der Waals surface area contributed by atoms with Crippen LogP contribution in [-0.2, 0) is 0 Å². The van der Waals surface area contributed by atoms with Crippen LogP contribution in [0.4, 0.5) is 0 Å². The minimum atomic E-state index is 0.549. The van der Waals surface area contributed by atoms with Gasteiger partial charge in [-0.15, -0.1) is 11.6 Å². The average molecular weight is 204 g/mol. The Balaban J connectivity index is 3.76. The fraction of sp³-hybridized carbons (Fsp3) is 0.818. The Morgan fingerprint density at radius 3 is 2.38 bits per heavy atom. The van der Waals surface area contributed by atoms with E-state index >= 15 is 0 Å². The van der Waals surface area contributed by atoms with Gasteiger partial charge in [-0.3, -0.25) is 0 Å². The Labute approximate surface area is 87.6 Å². The predicted molar refractivity (Wildman–Crippen MR) is 61.4 cm³/mol. The van der Waals surface area contributed by atoms with Gasteiger partial charge in [-0.1, -0.05) is 25.5 Å². The number of halogens is 1. The van der Waals surface area contributed by atoms with E-state index in [-0.39, 0.29) is 0 Å². The summed E-state index contributed by atoms with van der Waals surface area (Å²) in [4.78, 5) is 0. The second kappa shape index (κ2) is 7.40. The van der Waals surface area contributed by atoms with Crippen molar-refractivity contribution in [2.45, 2.75) is 40.2 Å². The predicted octanol–water partition coefficient (Wildman–Crippen LogP) is 3.20. The van der Waals surface area contributed by atoms with Gasteiger partial charge in [-0.2, -0.15) is 0 Å². The molecule has 0 spiro atoms. The maximum absolute atomic E-state index is 5.73. The molecule has 0 saturated heterocycles. The van der Waals surface area contributed by atoms with Gasteiger partial charge in [0.15, 0.2) is 0 Å². The molecular weight excluding hydrogens is 182 g/mol. The Kier molecular flexibility index (Phi) is 7.39. The minimum absolute atomic E-state index is 0.549. The molecule has 0 saturated carbocycles. The molecule has 1 unspecified atom stereocenters. The number of nitrogens with one attached hydrogen (secondary N) is 1. The zero-order valence-electron chi connectivity index (χ0n) is 9.23. The second-order valence-corrected chi connectivity index (χ2v) is 4.40. The first-order valence-electron chi connectivity index (χ1n) is 5.00. The van der Waals surface area contributed by atoms with E-state index in [9.17, 15) is 0 Å². The highest BCUT2D eigenvalue weighted by atomic mass is 35.5. The minimum Gasteiger partial charge on any atom is -0.310 e. The van der Waals surface area contributed by atoms with Gasteiger partial charge < -0.3 is 5.32 Å². The smallest absolute Gasteiger partial charge is 0.0238 e. The van der Waals surface area contributed by atoms with Crippen molar-refractivity contribution in [2.75, 3.05) is 12.4 Å². The van der Waals surface area contributed by atoms with Crippen LogP contribution in [-0.4, -0.2) is 18.5 Å². The van der Waals surface area contributed by atoms with Crippen molar-refractivity contribution < 1.29 is 0 Å². The summed E-state index contributed by atoms with van der Waals surface area (Å²) in [5, 5.41) is 3.49. The number of hydrogen-bond donors (Lipinski definition) is 1. The van der Waals surface area contributed by atoms with Crippen molar-refractivity contribution in [1.82, 2.24) is 5.32 Å². The largest absolute Gasteiger partial charge is 0.310 e. The third-order valence-corrected chi connectivity index (χ3v) is 2.33. The van der Waals surface area contributed by atoms with E-state index < -0.39 is 0 Å². The Morgan fingerprint density at radius 2 is 2.00 bits per heavy atom. The fourth-order valence-corrected chi connectivity index (χ4v) is 1.44. The lowest BCUT2D eigenvalue weighted by molar-refractivity contribution is 0.405. The van der Waals surface area contributed by atoms with Crippen molar-refractivity contribution in [3.63, 3.8) is 0 Å². The summed E-state index contributed by atoms with van der Waals surface area (Å²) in [5.74, 6) is 1.40. The van der Waals surface area contributed by atoms with E-state index in [1.54, 1.807) is 0 Å². The molecule has 1 atom stereocenters. The van der Waals surface area contributed by atoms with Gasteiger partial charge in [0.1, 0.15) is 0 Å². The molecule has 0 bridgehead atoms. The first-order valence-corrected chi connectivity index (χ1v) is 5.54. The molecule has 0 aromatic rings. The normalized spacial score (nSPS) is 13.1. The summed E-state index contributed by atoms with van der Waals surface area (Å²) in [6.07, 6.45) is 3.26. The van der Waals surface area contributed by atoms with Gasteiger partial charge in [-0.05, 0) is 26.2 Å². The quantitative estimate of drug-likeness (QED) is 0.517. The van der Waals surface area contributed by atoms with Gasteiger partial charge in [0.2, 0.25) is 0 Å². The molecule has 0 aliphatic carbocycles. The Bertz CT molecular complexity index is 148. The van der Waals surface area contributed by atoms with Crippen LogP contribution in [0.15, 0.2) is 11.6 Å². The molecule has 0 heterocycles. The number of allylic oxidation sites excluding steroid dienone is 1. The fourth-order valence-electron chi connectivity index (χ4n) is 1.20. The van der Waals surface area contributed by atoms with E-state index in [0.717, 1.165) is 18.8 Å². The highest BCUT2D eigenvalue weighted by Crippen LogP contribution is 2.06. The van der Waals surface area contributed by atoms with Crippen molar-refractivity contribution in [1.29, 1.82) is 0 Å². The van der Waals surface area contributed by atoms with E-state index in [0.29, 0.717) is 12.0 Å². The summed E-state index contributed by atoms with van der Waals surface area (Å²) in [6, 6.07) is 0.549. The van der Waals surface area contributed by atoms with E-state index in [4.69, 9.17) is 11.6 Å². The molecule has 13 heavy (non-hydrogen) atoms. The average Bonchev–Trinajstić information content (AvgIpc) is 2.02. The van der Waals surface area contributed by atoms with Crippen LogP contribution in [0.1, 0.15) is 34.1 Å². The van der Waals surface area contributed by atoms with E-state index in [1.165, 1.54) is 5.57 Å². The molecular formula is C11H22ClN. The zero-order valence-corrected chi connectivity index (χ0v) is 9.99. The van der Waals surface area contributed by atoms with Crippen molar-refractivity contribution in [3.8, 4) is 0 Å². The number of hydrogen-bond acceptors (Lipinski definition) is 1. The number of rotatable bonds is 6. The van der Waals surface area contributed by atoms with Crippen LogP contribution in [0.3, 0.4) is 0 Å². The first-order chi connectivity index (χ1) is 6.07. The van der Waals surface area contributed by atoms with Crippen LogP contribution in [0.5, 0.6) is 0 Å². The van der Waals surface area contributed by atoms with Crippen LogP contribution < -0.4 is 5.32 Å². The van der Waals surface area contributed by atoms with E-state index in [2.05, 4.69) is 39.1 Å². The molecule has 0 rings (SSSR count).